The van der Waals surface area contributed by atoms with Gasteiger partial charge >= 0.3 is 0 Å². The molecule has 0 aliphatic carbocycles. The first-order valence-corrected chi connectivity index (χ1v) is 7.46. The van der Waals surface area contributed by atoms with Crippen LogP contribution >= 0.6 is 0 Å². The number of benzene rings is 2. The molecule has 3 heteroatoms. The Hall–Kier alpha value is -1.88. The molecular weight excluding hydrogens is 395 g/mol. The molecule has 118 valence electrons. The van der Waals surface area contributed by atoms with E-state index in [4.69, 9.17) is 0 Å². The predicted octanol–water partition coefficient (Wildman–Crippen LogP) is 0.905. The van der Waals surface area contributed by atoms with Gasteiger partial charge in [-0.1, -0.05) is 30.4 Å². The number of fused-ring (bicyclic) bond motifs is 1. The molecule has 0 amide bonds. The number of halogens is 1. The first-order valence-electron chi connectivity index (χ1n) is 7.46. The highest BCUT2D eigenvalue weighted by Gasteiger charge is 1.99. The van der Waals surface area contributed by atoms with E-state index >= 15 is 0 Å². The maximum atomic E-state index is 2.23. The second-order valence-corrected chi connectivity index (χ2v) is 5.82. The molecule has 2 nitrogen and oxygen atoms in total. The lowest BCUT2D eigenvalue weighted by molar-refractivity contribution is -0.671. The van der Waals surface area contributed by atoms with Gasteiger partial charge in [-0.05, 0) is 40.1 Å². The van der Waals surface area contributed by atoms with E-state index in [0.717, 1.165) is 0 Å². The maximum absolute atomic E-state index is 2.23. The van der Waals surface area contributed by atoms with Gasteiger partial charge in [0.25, 0.3) is 0 Å². The summed E-state index contributed by atoms with van der Waals surface area (Å²) >= 11 is 0. The number of aryl methyl sites for hydroxylation is 1. The van der Waals surface area contributed by atoms with Crippen molar-refractivity contribution in [2.24, 2.45) is 7.05 Å². The van der Waals surface area contributed by atoms with Gasteiger partial charge in [0, 0.05) is 31.9 Å². The molecular formula is C20H21IN2. The zero-order chi connectivity index (χ0) is 15.5. The van der Waals surface area contributed by atoms with Crippen molar-refractivity contribution in [2.45, 2.75) is 0 Å². The molecule has 0 saturated heterocycles. The molecule has 3 rings (SSSR count). The molecule has 0 spiro atoms. The Labute approximate surface area is 155 Å². The molecule has 0 aliphatic heterocycles. The number of rotatable bonds is 3. The third-order valence-electron chi connectivity index (χ3n) is 3.84. The molecule has 0 saturated carbocycles. The number of hydrogen-bond donors (Lipinski definition) is 0. The Morgan fingerprint density at radius 3 is 2.09 bits per heavy atom. The van der Waals surface area contributed by atoms with Crippen molar-refractivity contribution in [2.75, 3.05) is 19.0 Å². The van der Waals surface area contributed by atoms with Gasteiger partial charge in [-0.2, -0.15) is 0 Å². The van der Waals surface area contributed by atoms with Crippen molar-refractivity contribution in [3.05, 3.63) is 72.1 Å². The minimum atomic E-state index is 0. The summed E-state index contributed by atoms with van der Waals surface area (Å²) in [6, 6.07) is 17.4. The summed E-state index contributed by atoms with van der Waals surface area (Å²) in [6.07, 6.45) is 8.43. The Morgan fingerprint density at radius 1 is 0.783 bits per heavy atom. The zero-order valence-corrected chi connectivity index (χ0v) is 15.9. The second-order valence-electron chi connectivity index (χ2n) is 5.82. The molecule has 0 unspecified atom stereocenters. The molecule has 0 bridgehead atoms. The van der Waals surface area contributed by atoms with Crippen LogP contribution in [-0.4, -0.2) is 14.1 Å². The van der Waals surface area contributed by atoms with Gasteiger partial charge in [-0.15, -0.1) is 0 Å². The Balaban J connectivity index is 0.00000192. The second kappa shape index (κ2) is 7.59. The lowest BCUT2D eigenvalue weighted by Gasteiger charge is -2.13. The smallest absolute Gasteiger partial charge is 0.169 e. The van der Waals surface area contributed by atoms with Crippen molar-refractivity contribution in [1.29, 1.82) is 0 Å². The van der Waals surface area contributed by atoms with Gasteiger partial charge in [-0.25, -0.2) is 4.57 Å². The van der Waals surface area contributed by atoms with Crippen LogP contribution in [0.1, 0.15) is 11.1 Å². The molecule has 2 aromatic carbocycles. The average molecular weight is 416 g/mol. The van der Waals surface area contributed by atoms with Crippen LogP contribution in [0.15, 0.2) is 60.9 Å². The third kappa shape index (κ3) is 4.32. The van der Waals surface area contributed by atoms with E-state index in [0.29, 0.717) is 0 Å². The molecule has 1 heterocycles. The minimum absolute atomic E-state index is 0. The Bertz CT molecular complexity index is 821. The fraction of sp³-hybridized carbons (Fsp3) is 0.150. The van der Waals surface area contributed by atoms with Gasteiger partial charge in [0.05, 0.1) is 0 Å². The monoisotopic (exact) mass is 416 g/mol. The van der Waals surface area contributed by atoms with Crippen LogP contribution in [0.4, 0.5) is 5.69 Å². The first kappa shape index (κ1) is 17.5. The van der Waals surface area contributed by atoms with Gasteiger partial charge in [0.15, 0.2) is 12.4 Å². The highest BCUT2D eigenvalue weighted by molar-refractivity contribution is 5.88. The van der Waals surface area contributed by atoms with E-state index < -0.39 is 0 Å². The molecule has 23 heavy (non-hydrogen) atoms. The lowest BCUT2D eigenvalue weighted by Crippen LogP contribution is -3.00. The van der Waals surface area contributed by atoms with Crippen LogP contribution in [0, 0.1) is 0 Å². The summed E-state index contributed by atoms with van der Waals surface area (Å²) in [7, 11) is 6.16. The van der Waals surface area contributed by atoms with Gasteiger partial charge in [-0.3, -0.25) is 0 Å². The van der Waals surface area contributed by atoms with Crippen molar-refractivity contribution in [3.8, 4) is 0 Å². The molecule has 0 atom stereocenters. The summed E-state index contributed by atoms with van der Waals surface area (Å²) in [5.74, 6) is 0. The van der Waals surface area contributed by atoms with E-state index in [1.54, 1.807) is 0 Å². The standard InChI is InChI=1S/C20H21N2.HI/c1-21(2)20-9-8-18-14-17(6-7-19(18)15-20)5-4-16-10-12-22(3)13-11-16;/h4-15H,1-3H3;1H/q+1;/p-1. The van der Waals surface area contributed by atoms with Crippen molar-refractivity contribution >= 4 is 28.6 Å². The average Bonchev–Trinajstić information content (AvgIpc) is 2.53. The van der Waals surface area contributed by atoms with E-state index in [1.807, 2.05) is 11.6 Å². The van der Waals surface area contributed by atoms with E-state index in [-0.39, 0.29) is 24.0 Å². The topological polar surface area (TPSA) is 7.12 Å². The van der Waals surface area contributed by atoms with Gasteiger partial charge in [0.1, 0.15) is 7.05 Å². The zero-order valence-electron chi connectivity index (χ0n) is 13.7. The van der Waals surface area contributed by atoms with Crippen molar-refractivity contribution < 1.29 is 28.5 Å². The summed E-state index contributed by atoms with van der Waals surface area (Å²) in [5.41, 5.74) is 3.66. The normalized spacial score (nSPS) is 10.7. The molecule has 0 radical (unpaired) electrons. The Kier molecular flexibility index (Phi) is 5.77. The quantitative estimate of drug-likeness (QED) is 0.455. The number of aromatic nitrogens is 1. The number of nitrogens with zero attached hydrogens (tertiary/aromatic N) is 2. The van der Waals surface area contributed by atoms with E-state index in [2.05, 4.69) is 92.1 Å². The third-order valence-corrected chi connectivity index (χ3v) is 3.84. The summed E-state index contributed by atoms with van der Waals surface area (Å²) < 4.78 is 2.04. The molecule has 3 aromatic rings. The highest BCUT2D eigenvalue weighted by atomic mass is 127. The number of hydrogen-bond acceptors (Lipinski definition) is 1. The fourth-order valence-corrected chi connectivity index (χ4v) is 2.45. The largest absolute Gasteiger partial charge is 1.00 e. The van der Waals surface area contributed by atoms with Crippen molar-refractivity contribution in [3.63, 3.8) is 0 Å². The minimum Gasteiger partial charge on any atom is -1.00 e. The number of anilines is 1. The molecule has 1 aromatic heterocycles. The number of pyridine rings is 1. The summed E-state index contributed by atoms with van der Waals surface area (Å²) in [6.45, 7) is 0. The molecule has 0 fully saturated rings. The van der Waals surface area contributed by atoms with Crippen LogP contribution in [0.2, 0.25) is 0 Å². The van der Waals surface area contributed by atoms with Gasteiger partial charge < -0.3 is 28.9 Å². The summed E-state index contributed by atoms with van der Waals surface area (Å²) in [4.78, 5) is 2.13. The van der Waals surface area contributed by atoms with Crippen LogP contribution in [0.5, 0.6) is 0 Å². The SMILES string of the molecule is CN(C)c1ccc2cc(/C=C/c3cc[n+](C)cc3)ccc2c1.[I-]. The molecule has 0 aliphatic rings. The lowest BCUT2D eigenvalue weighted by atomic mass is 10.1. The van der Waals surface area contributed by atoms with Crippen LogP contribution in [-0.2, 0) is 7.05 Å². The van der Waals surface area contributed by atoms with Crippen molar-refractivity contribution in [1.82, 2.24) is 0 Å². The maximum Gasteiger partial charge on any atom is 0.169 e. The highest BCUT2D eigenvalue weighted by Crippen LogP contribution is 2.22. The van der Waals surface area contributed by atoms with E-state index in [1.165, 1.54) is 27.6 Å². The fourth-order valence-electron chi connectivity index (χ4n) is 2.45. The van der Waals surface area contributed by atoms with E-state index in [9.17, 15) is 0 Å². The Morgan fingerprint density at radius 2 is 1.39 bits per heavy atom. The van der Waals surface area contributed by atoms with Crippen LogP contribution in [0.25, 0.3) is 22.9 Å². The van der Waals surface area contributed by atoms with Crippen LogP contribution < -0.4 is 33.4 Å². The summed E-state index contributed by atoms with van der Waals surface area (Å²) in [5, 5.41) is 2.54. The first-order chi connectivity index (χ1) is 10.6. The predicted molar refractivity (Wildman–Crippen MR) is 94.8 cm³/mol. The van der Waals surface area contributed by atoms with Crippen LogP contribution in [0.3, 0.4) is 0 Å². The molecule has 0 N–H and O–H groups in total. The van der Waals surface area contributed by atoms with Gasteiger partial charge in [0.2, 0.25) is 0 Å².